The lowest BCUT2D eigenvalue weighted by molar-refractivity contribution is -0.138. The first-order valence-corrected chi connectivity index (χ1v) is 8.20. The molecule has 0 N–H and O–H groups in total. The number of amides is 1. The number of fused-ring (bicyclic) bond motifs is 1. The van der Waals surface area contributed by atoms with Crippen LogP contribution in [0.2, 0.25) is 0 Å². The lowest BCUT2D eigenvalue weighted by atomic mass is 9.95. The van der Waals surface area contributed by atoms with E-state index in [4.69, 9.17) is 4.74 Å². The zero-order valence-electron chi connectivity index (χ0n) is 14.6. The molecular formula is C19H23N3O2. The molecule has 1 amide bonds. The van der Waals surface area contributed by atoms with E-state index in [1.807, 2.05) is 36.5 Å². The SMILES string of the molecule is C[C@@H](Oc1ccccc1)C(=O)N1Cc2cnc(C(C)(C)C)nc2C1. The molecule has 5 nitrogen and oxygen atoms in total. The average molecular weight is 325 g/mol. The van der Waals surface area contributed by atoms with Crippen LogP contribution < -0.4 is 4.74 Å². The van der Waals surface area contributed by atoms with Gasteiger partial charge in [-0.25, -0.2) is 9.97 Å². The van der Waals surface area contributed by atoms with Crippen LogP contribution in [0.25, 0.3) is 0 Å². The third-order valence-electron chi connectivity index (χ3n) is 4.04. The molecule has 5 heteroatoms. The number of carbonyl (C=O) groups excluding carboxylic acids is 1. The molecule has 0 spiro atoms. The molecule has 0 aliphatic carbocycles. The van der Waals surface area contributed by atoms with Crippen molar-refractivity contribution >= 4 is 5.91 Å². The molecule has 0 radical (unpaired) electrons. The average Bonchev–Trinajstić information content (AvgIpc) is 2.97. The zero-order valence-corrected chi connectivity index (χ0v) is 14.6. The molecule has 2 heterocycles. The Morgan fingerprint density at radius 1 is 1.21 bits per heavy atom. The number of para-hydroxylation sites is 1. The molecule has 0 unspecified atom stereocenters. The summed E-state index contributed by atoms with van der Waals surface area (Å²) in [5.74, 6) is 1.48. The van der Waals surface area contributed by atoms with Crippen LogP contribution in [0.5, 0.6) is 5.75 Å². The second-order valence-electron chi connectivity index (χ2n) is 7.18. The van der Waals surface area contributed by atoms with Crippen molar-refractivity contribution in [1.82, 2.24) is 14.9 Å². The van der Waals surface area contributed by atoms with Crippen LogP contribution in [0.3, 0.4) is 0 Å². The standard InChI is InChI=1S/C19H23N3O2/c1-13(24-15-8-6-5-7-9-15)17(23)22-11-14-10-20-18(19(2,3)4)21-16(14)12-22/h5-10,13H,11-12H2,1-4H3/t13-/m1/s1. The van der Waals surface area contributed by atoms with Crippen LogP contribution in [0.4, 0.5) is 0 Å². The molecule has 0 fully saturated rings. The monoisotopic (exact) mass is 325 g/mol. The minimum Gasteiger partial charge on any atom is -0.481 e. The Morgan fingerprint density at radius 3 is 2.58 bits per heavy atom. The van der Waals surface area contributed by atoms with Crippen LogP contribution >= 0.6 is 0 Å². The molecule has 1 aliphatic rings. The van der Waals surface area contributed by atoms with Crippen LogP contribution in [0.1, 0.15) is 44.8 Å². The maximum atomic E-state index is 12.7. The van der Waals surface area contributed by atoms with Crippen LogP contribution in [0.15, 0.2) is 36.5 Å². The molecule has 126 valence electrons. The van der Waals surface area contributed by atoms with Crippen molar-refractivity contribution in [2.75, 3.05) is 0 Å². The van der Waals surface area contributed by atoms with Crippen molar-refractivity contribution in [3.8, 4) is 5.75 Å². The normalized spacial score (nSPS) is 15.1. The largest absolute Gasteiger partial charge is 0.481 e. The van der Waals surface area contributed by atoms with Gasteiger partial charge in [0.15, 0.2) is 6.10 Å². The number of hydrogen-bond acceptors (Lipinski definition) is 4. The highest BCUT2D eigenvalue weighted by atomic mass is 16.5. The fourth-order valence-corrected chi connectivity index (χ4v) is 2.68. The summed E-state index contributed by atoms with van der Waals surface area (Å²) in [6.07, 6.45) is 1.32. The predicted octanol–water partition coefficient (Wildman–Crippen LogP) is 3.08. The summed E-state index contributed by atoms with van der Waals surface area (Å²) in [4.78, 5) is 23.5. The van der Waals surface area contributed by atoms with Gasteiger partial charge in [0.2, 0.25) is 0 Å². The van der Waals surface area contributed by atoms with Gasteiger partial charge in [-0.1, -0.05) is 39.0 Å². The second-order valence-corrected chi connectivity index (χ2v) is 7.18. The van der Waals surface area contributed by atoms with E-state index in [9.17, 15) is 4.79 Å². The predicted molar refractivity (Wildman–Crippen MR) is 91.5 cm³/mol. The van der Waals surface area contributed by atoms with E-state index < -0.39 is 6.10 Å². The van der Waals surface area contributed by atoms with E-state index in [1.54, 1.807) is 11.8 Å². The Bertz CT molecular complexity index is 738. The first-order chi connectivity index (χ1) is 11.3. The molecule has 24 heavy (non-hydrogen) atoms. The number of aromatic nitrogens is 2. The lowest BCUT2D eigenvalue weighted by Gasteiger charge is -2.21. The molecule has 2 aromatic rings. The van der Waals surface area contributed by atoms with E-state index in [0.717, 1.165) is 17.1 Å². The summed E-state index contributed by atoms with van der Waals surface area (Å²) >= 11 is 0. The number of ether oxygens (including phenoxy) is 1. The molecule has 0 saturated carbocycles. The molecule has 0 bridgehead atoms. The number of nitrogens with zero attached hydrogens (tertiary/aromatic N) is 3. The van der Waals surface area contributed by atoms with Crippen molar-refractivity contribution in [1.29, 1.82) is 0 Å². The maximum absolute atomic E-state index is 12.7. The van der Waals surface area contributed by atoms with Gasteiger partial charge in [-0.15, -0.1) is 0 Å². The Hall–Kier alpha value is -2.43. The van der Waals surface area contributed by atoms with Crippen LogP contribution in [0, 0.1) is 0 Å². The Labute approximate surface area is 142 Å². The van der Waals surface area contributed by atoms with E-state index in [0.29, 0.717) is 18.8 Å². The number of rotatable bonds is 3. The van der Waals surface area contributed by atoms with Gasteiger partial charge in [0.1, 0.15) is 11.6 Å². The zero-order chi connectivity index (χ0) is 17.3. The molecule has 3 rings (SSSR count). The smallest absolute Gasteiger partial charge is 0.264 e. The Morgan fingerprint density at radius 2 is 1.92 bits per heavy atom. The van der Waals surface area contributed by atoms with Crippen LogP contribution in [-0.4, -0.2) is 26.9 Å². The third-order valence-corrected chi connectivity index (χ3v) is 4.04. The first-order valence-electron chi connectivity index (χ1n) is 8.20. The molecular weight excluding hydrogens is 302 g/mol. The second kappa shape index (κ2) is 6.23. The molecule has 0 saturated heterocycles. The summed E-state index contributed by atoms with van der Waals surface area (Å²) in [7, 11) is 0. The summed E-state index contributed by atoms with van der Waals surface area (Å²) in [5, 5.41) is 0. The van der Waals surface area contributed by atoms with Crippen molar-refractivity contribution < 1.29 is 9.53 Å². The van der Waals surface area contributed by atoms with E-state index in [-0.39, 0.29) is 11.3 Å². The quantitative estimate of drug-likeness (QED) is 0.870. The van der Waals surface area contributed by atoms with Gasteiger partial charge < -0.3 is 9.64 Å². The molecule has 1 aromatic heterocycles. The van der Waals surface area contributed by atoms with Crippen molar-refractivity contribution in [3.05, 3.63) is 53.6 Å². The number of hydrogen-bond donors (Lipinski definition) is 0. The van der Waals surface area contributed by atoms with Gasteiger partial charge in [-0.05, 0) is 19.1 Å². The van der Waals surface area contributed by atoms with E-state index >= 15 is 0 Å². The fourth-order valence-electron chi connectivity index (χ4n) is 2.68. The third kappa shape index (κ3) is 3.40. The summed E-state index contributed by atoms with van der Waals surface area (Å²) < 4.78 is 5.74. The van der Waals surface area contributed by atoms with Gasteiger partial charge in [0, 0.05) is 23.7 Å². The van der Waals surface area contributed by atoms with Gasteiger partial charge in [0.25, 0.3) is 5.91 Å². The van der Waals surface area contributed by atoms with Crippen LogP contribution in [-0.2, 0) is 23.3 Å². The summed E-state index contributed by atoms with van der Waals surface area (Å²) in [5.41, 5.74) is 1.86. The Balaban J connectivity index is 1.69. The summed E-state index contributed by atoms with van der Waals surface area (Å²) in [6.45, 7) is 9.10. The topological polar surface area (TPSA) is 55.3 Å². The molecule has 1 atom stereocenters. The fraction of sp³-hybridized carbons (Fsp3) is 0.421. The first kappa shape index (κ1) is 16.4. The van der Waals surface area contributed by atoms with E-state index in [1.165, 1.54) is 0 Å². The summed E-state index contributed by atoms with van der Waals surface area (Å²) in [6, 6.07) is 9.40. The number of benzene rings is 1. The van der Waals surface area contributed by atoms with Gasteiger partial charge >= 0.3 is 0 Å². The maximum Gasteiger partial charge on any atom is 0.264 e. The highest BCUT2D eigenvalue weighted by molar-refractivity contribution is 5.81. The highest BCUT2D eigenvalue weighted by Crippen LogP contribution is 2.25. The molecule has 1 aliphatic heterocycles. The van der Waals surface area contributed by atoms with Gasteiger partial charge in [-0.3, -0.25) is 4.79 Å². The minimum absolute atomic E-state index is 0.0332. The lowest BCUT2D eigenvalue weighted by Crippen LogP contribution is -2.37. The highest BCUT2D eigenvalue weighted by Gasteiger charge is 2.30. The van der Waals surface area contributed by atoms with Crippen molar-refractivity contribution in [2.45, 2.75) is 52.3 Å². The minimum atomic E-state index is -0.531. The van der Waals surface area contributed by atoms with E-state index in [2.05, 4.69) is 30.7 Å². The van der Waals surface area contributed by atoms with Crippen molar-refractivity contribution in [2.24, 2.45) is 0 Å². The Kier molecular flexibility index (Phi) is 4.26. The number of carbonyl (C=O) groups is 1. The molecule has 1 aromatic carbocycles. The van der Waals surface area contributed by atoms with Gasteiger partial charge in [0.05, 0.1) is 12.2 Å². The van der Waals surface area contributed by atoms with Gasteiger partial charge in [-0.2, -0.15) is 0 Å². The van der Waals surface area contributed by atoms with Crippen molar-refractivity contribution in [3.63, 3.8) is 0 Å².